The Morgan fingerprint density at radius 1 is 1.14 bits per heavy atom. The lowest BCUT2D eigenvalue weighted by atomic mass is 10.0. The van der Waals surface area contributed by atoms with Crippen LogP contribution in [0.4, 0.5) is 5.69 Å². The molecule has 0 radical (unpaired) electrons. The number of nitro benzene ring substituents is 1. The molecule has 8 nitrogen and oxygen atoms in total. The van der Waals surface area contributed by atoms with Gasteiger partial charge in [0.15, 0.2) is 6.61 Å². The monoisotopic (exact) mass is 383 g/mol. The standard InChI is InChI=1S/C20H21N3O5/c1-14(2)17-8-3-4-9-18(17)28-13-20(25)22-21-19(24)11-10-15-6-5-7-16(12-15)23(26)27/h3-12,14H,13H2,1-2H3,(H,21,24)(H,22,25)/b11-10+. The molecule has 0 aliphatic rings. The van der Waals surface area contributed by atoms with E-state index < -0.39 is 16.7 Å². The maximum atomic E-state index is 11.8. The number of non-ortho nitro benzene ring substituents is 1. The van der Waals surface area contributed by atoms with Crippen LogP contribution in [0.2, 0.25) is 0 Å². The minimum absolute atomic E-state index is 0.0744. The fraction of sp³-hybridized carbons (Fsp3) is 0.200. The second-order valence-electron chi connectivity index (χ2n) is 6.20. The first-order chi connectivity index (χ1) is 13.4. The van der Waals surface area contributed by atoms with Crippen molar-refractivity contribution in [3.63, 3.8) is 0 Å². The molecule has 0 heterocycles. The molecule has 2 amide bonds. The highest BCUT2D eigenvalue weighted by Gasteiger charge is 2.09. The summed E-state index contributed by atoms with van der Waals surface area (Å²) < 4.78 is 5.51. The first kappa shape index (κ1) is 20.6. The number of hydrazine groups is 1. The maximum absolute atomic E-state index is 11.8. The zero-order chi connectivity index (χ0) is 20.5. The predicted octanol–water partition coefficient (Wildman–Crippen LogP) is 2.96. The van der Waals surface area contributed by atoms with E-state index in [9.17, 15) is 19.7 Å². The SMILES string of the molecule is CC(C)c1ccccc1OCC(=O)NNC(=O)/C=C/c1cccc([N+](=O)[O-])c1. The zero-order valence-electron chi connectivity index (χ0n) is 15.5. The Balaban J connectivity index is 1.82. The average Bonchev–Trinajstić information content (AvgIpc) is 2.69. The molecule has 0 aliphatic carbocycles. The van der Waals surface area contributed by atoms with Gasteiger partial charge < -0.3 is 4.74 Å². The summed E-state index contributed by atoms with van der Waals surface area (Å²) in [4.78, 5) is 33.8. The van der Waals surface area contributed by atoms with E-state index in [0.717, 1.165) is 11.6 Å². The summed E-state index contributed by atoms with van der Waals surface area (Å²) in [6, 6.07) is 13.3. The van der Waals surface area contributed by atoms with Gasteiger partial charge in [-0.05, 0) is 29.2 Å². The smallest absolute Gasteiger partial charge is 0.276 e. The number of rotatable bonds is 7. The fourth-order valence-electron chi connectivity index (χ4n) is 2.36. The van der Waals surface area contributed by atoms with Gasteiger partial charge in [-0.1, -0.05) is 44.2 Å². The Morgan fingerprint density at radius 2 is 1.89 bits per heavy atom. The highest BCUT2D eigenvalue weighted by molar-refractivity contribution is 5.93. The van der Waals surface area contributed by atoms with Gasteiger partial charge in [0.05, 0.1) is 4.92 Å². The van der Waals surface area contributed by atoms with Crippen molar-refractivity contribution in [3.8, 4) is 5.75 Å². The molecule has 0 saturated carbocycles. The lowest BCUT2D eigenvalue weighted by molar-refractivity contribution is -0.384. The second-order valence-corrected chi connectivity index (χ2v) is 6.20. The van der Waals surface area contributed by atoms with Crippen LogP contribution in [0.5, 0.6) is 5.75 Å². The number of hydrogen-bond acceptors (Lipinski definition) is 5. The van der Waals surface area contributed by atoms with Crippen LogP contribution in [0.15, 0.2) is 54.6 Å². The number of hydrogen-bond donors (Lipinski definition) is 2. The van der Waals surface area contributed by atoms with E-state index in [2.05, 4.69) is 10.9 Å². The highest BCUT2D eigenvalue weighted by Crippen LogP contribution is 2.25. The molecule has 146 valence electrons. The predicted molar refractivity (Wildman–Crippen MR) is 104 cm³/mol. The van der Waals surface area contributed by atoms with Gasteiger partial charge in [-0.3, -0.25) is 30.6 Å². The van der Waals surface area contributed by atoms with E-state index in [1.807, 2.05) is 32.0 Å². The molecular weight excluding hydrogens is 362 g/mol. The second kappa shape index (κ2) is 9.86. The Hall–Kier alpha value is -3.68. The molecule has 8 heteroatoms. The molecule has 0 fully saturated rings. The van der Waals surface area contributed by atoms with Gasteiger partial charge in [-0.2, -0.15) is 0 Å². The highest BCUT2D eigenvalue weighted by atomic mass is 16.6. The van der Waals surface area contributed by atoms with E-state index in [-0.39, 0.29) is 18.2 Å². The van der Waals surface area contributed by atoms with Crippen LogP contribution in [0.1, 0.15) is 30.9 Å². The summed E-state index contributed by atoms with van der Waals surface area (Å²) in [5.41, 5.74) is 5.87. The number of ether oxygens (including phenoxy) is 1. The number of amides is 2. The van der Waals surface area contributed by atoms with E-state index in [1.54, 1.807) is 12.1 Å². The fourth-order valence-corrected chi connectivity index (χ4v) is 2.36. The van der Waals surface area contributed by atoms with Crippen molar-refractivity contribution in [1.29, 1.82) is 0 Å². The minimum atomic E-state index is -0.581. The number of carbonyl (C=O) groups excluding carboxylic acids is 2. The minimum Gasteiger partial charge on any atom is -0.483 e. The van der Waals surface area contributed by atoms with Crippen LogP contribution >= 0.6 is 0 Å². The topological polar surface area (TPSA) is 111 Å². The Labute approximate surface area is 162 Å². The third kappa shape index (κ3) is 6.24. The Bertz CT molecular complexity index is 893. The quantitative estimate of drug-likeness (QED) is 0.434. The first-order valence-electron chi connectivity index (χ1n) is 8.60. The summed E-state index contributed by atoms with van der Waals surface area (Å²) in [5, 5.41) is 10.7. The molecule has 0 aromatic heterocycles. The number of carbonyl (C=O) groups is 2. The van der Waals surface area contributed by atoms with E-state index >= 15 is 0 Å². The number of nitrogens with one attached hydrogen (secondary N) is 2. The third-order valence-corrected chi connectivity index (χ3v) is 3.73. The molecule has 2 aromatic carbocycles. The Morgan fingerprint density at radius 3 is 2.61 bits per heavy atom. The molecule has 2 aromatic rings. The van der Waals surface area contributed by atoms with E-state index in [1.165, 1.54) is 24.3 Å². The largest absolute Gasteiger partial charge is 0.483 e. The van der Waals surface area contributed by atoms with Crippen molar-refractivity contribution in [2.75, 3.05) is 6.61 Å². The van der Waals surface area contributed by atoms with Gasteiger partial charge in [0, 0.05) is 18.2 Å². The number of nitro groups is 1. The van der Waals surface area contributed by atoms with Gasteiger partial charge in [0.2, 0.25) is 0 Å². The number of para-hydroxylation sites is 1. The maximum Gasteiger partial charge on any atom is 0.276 e. The molecule has 0 aliphatic heterocycles. The van der Waals surface area contributed by atoms with Crippen LogP contribution < -0.4 is 15.6 Å². The van der Waals surface area contributed by atoms with Gasteiger partial charge in [-0.25, -0.2) is 0 Å². The van der Waals surface area contributed by atoms with Crippen molar-refractivity contribution in [2.24, 2.45) is 0 Å². The molecule has 0 atom stereocenters. The number of nitrogens with zero attached hydrogens (tertiary/aromatic N) is 1. The zero-order valence-corrected chi connectivity index (χ0v) is 15.5. The molecule has 2 N–H and O–H groups in total. The average molecular weight is 383 g/mol. The van der Waals surface area contributed by atoms with Gasteiger partial charge in [0.1, 0.15) is 5.75 Å². The third-order valence-electron chi connectivity index (χ3n) is 3.73. The van der Waals surface area contributed by atoms with Crippen LogP contribution in [0.25, 0.3) is 6.08 Å². The first-order valence-corrected chi connectivity index (χ1v) is 8.60. The molecule has 0 saturated heterocycles. The van der Waals surface area contributed by atoms with Gasteiger partial charge in [-0.15, -0.1) is 0 Å². The molecule has 2 rings (SSSR count). The van der Waals surface area contributed by atoms with Crippen molar-refractivity contribution in [3.05, 3.63) is 75.8 Å². The normalized spacial score (nSPS) is 10.7. The summed E-state index contributed by atoms with van der Waals surface area (Å²) in [5.74, 6) is -0.236. The van der Waals surface area contributed by atoms with E-state index in [4.69, 9.17) is 4.74 Å². The van der Waals surface area contributed by atoms with Crippen molar-refractivity contribution in [2.45, 2.75) is 19.8 Å². The molecule has 28 heavy (non-hydrogen) atoms. The molecule has 0 spiro atoms. The number of benzene rings is 2. The molecular formula is C20H21N3O5. The summed E-state index contributed by atoms with van der Waals surface area (Å²) in [7, 11) is 0. The van der Waals surface area contributed by atoms with Gasteiger partial charge in [0.25, 0.3) is 17.5 Å². The summed E-state index contributed by atoms with van der Waals surface area (Å²) in [6.45, 7) is 3.80. The summed E-state index contributed by atoms with van der Waals surface area (Å²) >= 11 is 0. The van der Waals surface area contributed by atoms with E-state index in [0.29, 0.717) is 11.3 Å². The van der Waals surface area contributed by atoms with Crippen LogP contribution in [-0.4, -0.2) is 23.3 Å². The molecule has 0 unspecified atom stereocenters. The van der Waals surface area contributed by atoms with Crippen molar-refractivity contribution in [1.82, 2.24) is 10.9 Å². The lowest BCUT2D eigenvalue weighted by Gasteiger charge is -2.13. The van der Waals surface area contributed by atoms with Crippen molar-refractivity contribution < 1.29 is 19.2 Å². The summed E-state index contributed by atoms with van der Waals surface area (Å²) in [6.07, 6.45) is 2.57. The van der Waals surface area contributed by atoms with Gasteiger partial charge >= 0.3 is 0 Å². The van der Waals surface area contributed by atoms with Crippen LogP contribution in [0.3, 0.4) is 0 Å². The molecule has 0 bridgehead atoms. The van der Waals surface area contributed by atoms with Crippen molar-refractivity contribution >= 4 is 23.6 Å². The van der Waals surface area contributed by atoms with Crippen LogP contribution in [-0.2, 0) is 9.59 Å². The lowest BCUT2D eigenvalue weighted by Crippen LogP contribution is -2.43. The Kier molecular flexibility index (Phi) is 7.27. The van der Waals surface area contributed by atoms with Crippen LogP contribution in [0, 0.1) is 10.1 Å².